The fraction of sp³-hybridized carbons (Fsp3) is 0.909. The molecule has 0 unspecified atom stereocenters. The van der Waals surface area contributed by atoms with Crippen LogP contribution in [0.1, 0.15) is 25.7 Å². The first-order valence-electron chi connectivity index (χ1n) is 5.83. The molecule has 0 heterocycles. The standard InChI is InChI=1S/C11H23N3O/c1-13-8-9-2-4-10(5-3-9)11(12)14-6-7-15/h9-10,13,15H,2-8H2,1H3,(H2,12,14). The van der Waals surface area contributed by atoms with E-state index in [9.17, 15) is 0 Å². The van der Waals surface area contributed by atoms with Crippen LogP contribution < -0.4 is 11.1 Å². The van der Waals surface area contributed by atoms with E-state index in [1.54, 1.807) is 0 Å². The van der Waals surface area contributed by atoms with Gasteiger partial charge in [-0.2, -0.15) is 0 Å². The van der Waals surface area contributed by atoms with E-state index in [-0.39, 0.29) is 6.61 Å². The molecular weight excluding hydrogens is 190 g/mol. The zero-order valence-electron chi connectivity index (χ0n) is 9.58. The van der Waals surface area contributed by atoms with Crippen molar-refractivity contribution in [1.82, 2.24) is 5.32 Å². The second-order valence-electron chi connectivity index (χ2n) is 4.31. The van der Waals surface area contributed by atoms with Crippen molar-refractivity contribution < 1.29 is 5.11 Å². The van der Waals surface area contributed by atoms with Gasteiger partial charge in [-0.3, -0.25) is 4.99 Å². The van der Waals surface area contributed by atoms with E-state index in [1.807, 2.05) is 7.05 Å². The smallest absolute Gasteiger partial charge is 0.0969 e. The first-order chi connectivity index (χ1) is 7.27. The van der Waals surface area contributed by atoms with Gasteiger partial charge in [0.2, 0.25) is 0 Å². The Morgan fingerprint density at radius 2 is 2.07 bits per heavy atom. The molecule has 0 aromatic rings. The zero-order valence-corrected chi connectivity index (χ0v) is 9.58. The van der Waals surface area contributed by atoms with E-state index in [0.717, 1.165) is 31.1 Å². The molecule has 4 N–H and O–H groups in total. The van der Waals surface area contributed by atoms with Crippen molar-refractivity contribution in [3.8, 4) is 0 Å². The van der Waals surface area contributed by atoms with Crippen molar-refractivity contribution in [2.24, 2.45) is 22.6 Å². The van der Waals surface area contributed by atoms with Gasteiger partial charge in [0.05, 0.1) is 19.0 Å². The molecule has 0 aliphatic heterocycles. The Kier molecular flexibility index (Phi) is 5.65. The van der Waals surface area contributed by atoms with Gasteiger partial charge in [-0.05, 0) is 45.2 Å². The summed E-state index contributed by atoms with van der Waals surface area (Å²) in [6, 6.07) is 0. The number of nitrogens with one attached hydrogen (secondary N) is 1. The van der Waals surface area contributed by atoms with Crippen LogP contribution in [0.3, 0.4) is 0 Å². The highest BCUT2D eigenvalue weighted by atomic mass is 16.3. The zero-order chi connectivity index (χ0) is 11.1. The van der Waals surface area contributed by atoms with Crippen LogP contribution in [0.5, 0.6) is 0 Å². The monoisotopic (exact) mass is 213 g/mol. The molecule has 4 nitrogen and oxygen atoms in total. The molecule has 88 valence electrons. The lowest BCUT2D eigenvalue weighted by atomic mass is 9.81. The predicted octanol–water partition coefficient (Wildman–Crippen LogP) is 0.362. The van der Waals surface area contributed by atoms with Crippen molar-refractivity contribution in [1.29, 1.82) is 0 Å². The van der Waals surface area contributed by atoms with Gasteiger partial charge in [-0.15, -0.1) is 0 Å². The van der Waals surface area contributed by atoms with E-state index in [4.69, 9.17) is 10.8 Å². The number of hydrogen-bond donors (Lipinski definition) is 3. The molecule has 0 amide bonds. The third-order valence-electron chi connectivity index (χ3n) is 3.15. The molecule has 15 heavy (non-hydrogen) atoms. The fourth-order valence-corrected chi connectivity index (χ4v) is 2.26. The maximum Gasteiger partial charge on any atom is 0.0969 e. The largest absolute Gasteiger partial charge is 0.394 e. The number of aliphatic hydroxyl groups is 1. The quantitative estimate of drug-likeness (QED) is 0.456. The van der Waals surface area contributed by atoms with Crippen LogP contribution in [0.25, 0.3) is 0 Å². The molecule has 0 bridgehead atoms. The number of aliphatic hydroxyl groups excluding tert-OH is 1. The second-order valence-corrected chi connectivity index (χ2v) is 4.31. The number of aliphatic imine (C=N–C) groups is 1. The summed E-state index contributed by atoms with van der Waals surface area (Å²) in [4.78, 5) is 4.17. The number of amidine groups is 1. The molecule has 0 saturated heterocycles. The van der Waals surface area contributed by atoms with E-state index in [1.165, 1.54) is 12.8 Å². The molecule has 4 heteroatoms. The highest BCUT2D eigenvalue weighted by molar-refractivity contribution is 5.82. The Morgan fingerprint density at radius 3 is 2.60 bits per heavy atom. The summed E-state index contributed by atoms with van der Waals surface area (Å²) in [6.45, 7) is 1.65. The van der Waals surface area contributed by atoms with E-state index >= 15 is 0 Å². The van der Waals surface area contributed by atoms with Crippen LogP contribution in [0.4, 0.5) is 0 Å². The molecule has 1 rings (SSSR count). The first kappa shape index (κ1) is 12.5. The Balaban J connectivity index is 2.30. The lowest BCUT2D eigenvalue weighted by Crippen LogP contribution is -2.31. The van der Waals surface area contributed by atoms with Crippen LogP contribution in [0.15, 0.2) is 4.99 Å². The average molecular weight is 213 g/mol. The summed E-state index contributed by atoms with van der Waals surface area (Å²) in [5.74, 6) is 1.99. The van der Waals surface area contributed by atoms with Crippen molar-refractivity contribution in [3.63, 3.8) is 0 Å². The average Bonchev–Trinajstić information content (AvgIpc) is 2.27. The van der Waals surface area contributed by atoms with Gasteiger partial charge in [0.1, 0.15) is 0 Å². The van der Waals surface area contributed by atoms with E-state index in [0.29, 0.717) is 12.5 Å². The Labute approximate surface area is 92.0 Å². The van der Waals surface area contributed by atoms with Gasteiger partial charge in [-0.25, -0.2) is 0 Å². The van der Waals surface area contributed by atoms with Gasteiger partial charge in [0.15, 0.2) is 0 Å². The van der Waals surface area contributed by atoms with Gasteiger partial charge < -0.3 is 16.2 Å². The Bertz CT molecular complexity index is 198. The van der Waals surface area contributed by atoms with Gasteiger partial charge in [-0.1, -0.05) is 0 Å². The van der Waals surface area contributed by atoms with Gasteiger partial charge >= 0.3 is 0 Å². The number of hydrogen-bond acceptors (Lipinski definition) is 3. The summed E-state index contributed by atoms with van der Waals surface area (Å²) in [5, 5.41) is 11.9. The van der Waals surface area contributed by atoms with Crippen molar-refractivity contribution >= 4 is 5.84 Å². The summed E-state index contributed by atoms with van der Waals surface area (Å²) in [5.41, 5.74) is 5.88. The highest BCUT2D eigenvalue weighted by Gasteiger charge is 2.22. The second kappa shape index (κ2) is 6.80. The van der Waals surface area contributed by atoms with Crippen LogP contribution in [-0.4, -0.2) is 37.7 Å². The van der Waals surface area contributed by atoms with Crippen LogP contribution in [0, 0.1) is 11.8 Å². The SMILES string of the molecule is CNCC1CCC(C(N)=NCCO)CC1. The molecule has 0 radical (unpaired) electrons. The molecule has 1 aliphatic rings. The number of rotatable bonds is 5. The van der Waals surface area contributed by atoms with Crippen LogP contribution >= 0.6 is 0 Å². The molecule has 0 aromatic carbocycles. The Morgan fingerprint density at radius 1 is 1.40 bits per heavy atom. The van der Waals surface area contributed by atoms with Crippen LogP contribution in [-0.2, 0) is 0 Å². The minimum Gasteiger partial charge on any atom is -0.394 e. The topological polar surface area (TPSA) is 70.6 Å². The lowest BCUT2D eigenvalue weighted by molar-refractivity contribution is 0.303. The van der Waals surface area contributed by atoms with Crippen LogP contribution in [0.2, 0.25) is 0 Å². The number of nitrogens with zero attached hydrogens (tertiary/aromatic N) is 1. The highest BCUT2D eigenvalue weighted by Crippen LogP contribution is 2.28. The summed E-state index contributed by atoms with van der Waals surface area (Å²) in [6.07, 6.45) is 4.77. The molecule has 0 spiro atoms. The molecule has 1 saturated carbocycles. The third kappa shape index (κ3) is 4.18. The minimum atomic E-state index is 0.0931. The van der Waals surface area contributed by atoms with Crippen molar-refractivity contribution in [3.05, 3.63) is 0 Å². The third-order valence-corrected chi connectivity index (χ3v) is 3.15. The van der Waals surface area contributed by atoms with Gasteiger partial charge in [0.25, 0.3) is 0 Å². The normalized spacial score (nSPS) is 28.0. The van der Waals surface area contributed by atoms with E-state index < -0.39 is 0 Å². The van der Waals surface area contributed by atoms with Gasteiger partial charge in [0, 0.05) is 5.92 Å². The number of nitrogens with two attached hydrogens (primary N) is 1. The fourth-order valence-electron chi connectivity index (χ4n) is 2.26. The summed E-state index contributed by atoms with van der Waals surface area (Å²) in [7, 11) is 2.00. The molecule has 0 atom stereocenters. The van der Waals surface area contributed by atoms with Crippen molar-refractivity contribution in [2.45, 2.75) is 25.7 Å². The first-order valence-corrected chi connectivity index (χ1v) is 5.83. The van der Waals surface area contributed by atoms with E-state index in [2.05, 4.69) is 10.3 Å². The molecular formula is C11H23N3O. The molecule has 0 aromatic heterocycles. The maximum absolute atomic E-state index is 8.65. The summed E-state index contributed by atoms with van der Waals surface area (Å²) >= 11 is 0. The minimum absolute atomic E-state index is 0.0931. The molecule has 1 aliphatic carbocycles. The molecule has 1 fully saturated rings. The lowest BCUT2D eigenvalue weighted by Gasteiger charge is -2.27. The Hall–Kier alpha value is -0.610. The summed E-state index contributed by atoms with van der Waals surface area (Å²) < 4.78 is 0. The van der Waals surface area contributed by atoms with Crippen molar-refractivity contribution in [2.75, 3.05) is 26.7 Å². The predicted molar refractivity (Wildman–Crippen MR) is 62.9 cm³/mol. The maximum atomic E-state index is 8.65.